The number of nitrogens with zero attached hydrogens (tertiary/aromatic N) is 4. The van der Waals surface area contributed by atoms with E-state index in [0.29, 0.717) is 44.4 Å². The summed E-state index contributed by atoms with van der Waals surface area (Å²) in [6, 6.07) is 2.07. The van der Waals surface area contributed by atoms with E-state index in [2.05, 4.69) is 21.4 Å². The number of nitrogens with one attached hydrogen (secondary N) is 1. The number of morpholine rings is 1. The molecular formula is C22H35N5O4. The van der Waals surface area contributed by atoms with Crippen LogP contribution in [0.2, 0.25) is 0 Å². The maximum atomic E-state index is 12.9. The maximum absolute atomic E-state index is 12.9. The number of ether oxygens (including phenoxy) is 1. The number of piperazine rings is 1. The molecule has 4 heterocycles. The molecule has 3 aliphatic rings. The van der Waals surface area contributed by atoms with Gasteiger partial charge < -0.3 is 24.4 Å². The summed E-state index contributed by atoms with van der Waals surface area (Å²) in [6.07, 6.45) is 2.41. The van der Waals surface area contributed by atoms with Crippen LogP contribution in [0.3, 0.4) is 0 Å². The molecule has 9 heteroatoms. The minimum atomic E-state index is 0.0890. The Bertz CT molecular complexity index is 740. The summed E-state index contributed by atoms with van der Waals surface area (Å²) in [5, 5.41) is 7.79. The molecule has 0 unspecified atom stereocenters. The number of carbonyl (C=O) groups excluding carboxylic acids is 2. The number of amides is 2. The summed E-state index contributed by atoms with van der Waals surface area (Å²) in [7, 11) is 0. The minimum Gasteiger partial charge on any atom is -0.379 e. The van der Waals surface area contributed by atoms with Crippen molar-refractivity contribution in [3.05, 3.63) is 17.5 Å². The number of aromatic nitrogens is 1. The van der Waals surface area contributed by atoms with Crippen LogP contribution in [0.25, 0.3) is 0 Å². The summed E-state index contributed by atoms with van der Waals surface area (Å²) >= 11 is 0. The van der Waals surface area contributed by atoms with Gasteiger partial charge in [-0.05, 0) is 37.8 Å². The van der Waals surface area contributed by atoms with E-state index in [-0.39, 0.29) is 11.8 Å². The van der Waals surface area contributed by atoms with Crippen molar-refractivity contribution >= 4 is 11.8 Å². The van der Waals surface area contributed by atoms with Crippen molar-refractivity contribution in [3.8, 4) is 0 Å². The van der Waals surface area contributed by atoms with Crippen molar-refractivity contribution in [3.63, 3.8) is 0 Å². The molecule has 0 radical (unpaired) electrons. The van der Waals surface area contributed by atoms with Gasteiger partial charge in [0, 0.05) is 58.7 Å². The highest BCUT2D eigenvalue weighted by Gasteiger charge is 2.31. The van der Waals surface area contributed by atoms with Gasteiger partial charge in [0.1, 0.15) is 0 Å². The molecule has 2 amide bonds. The Hall–Kier alpha value is -1.97. The molecule has 3 saturated heterocycles. The summed E-state index contributed by atoms with van der Waals surface area (Å²) in [4.78, 5) is 30.5. The standard InChI is InChI=1S/C22H35N5O4/c1-17(28)26-4-6-27(7-5-26)22(29)13-18-2-3-23-15-19(18)12-20-14-21(31-24-20)16-25-8-10-30-11-9-25/h14,18-19,23H,2-13,15-16H2,1H3/t18-,19+/m1/s1. The first-order chi connectivity index (χ1) is 15.1. The molecule has 0 aliphatic carbocycles. The molecule has 4 rings (SSSR count). The first-order valence-corrected chi connectivity index (χ1v) is 11.6. The fraction of sp³-hybridized carbons (Fsp3) is 0.773. The first kappa shape index (κ1) is 22.2. The monoisotopic (exact) mass is 433 g/mol. The lowest BCUT2D eigenvalue weighted by atomic mass is 9.81. The highest BCUT2D eigenvalue weighted by atomic mass is 16.5. The SMILES string of the molecule is CC(=O)N1CCN(C(=O)C[C@H]2CCNC[C@@H]2Cc2cc(CN3CCOCC3)on2)CC1. The number of hydrogen-bond acceptors (Lipinski definition) is 7. The van der Waals surface area contributed by atoms with Crippen LogP contribution in [0.1, 0.15) is 31.2 Å². The van der Waals surface area contributed by atoms with Crippen LogP contribution in [0.4, 0.5) is 0 Å². The van der Waals surface area contributed by atoms with Gasteiger partial charge in [-0.3, -0.25) is 14.5 Å². The number of carbonyl (C=O) groups is 2. The molecule has 31 heavy (non-hydrogen) atoms. The topological polar surface area (TPSA) is 91.2 Å². The largest absolute Gasteiger partial charge is 0.379 e. The summed E-state index contributed by atoms with van der Waals surface area (Å²) < 4.78 is 11.0. The summed E-state index contributed by atoms with van der Waals surface area (Å²) in [5.41, 5.74) is 0.976. The van der Waals surface area contributed by atoms with Gasteiger partial charge in [-0.15, -0.1) is 0 Å². The summed E-state index contributed by atoms with van der Waals surface area (Å²) in [6.45, 7) is 10.2. The molecule has 0 saturated carbocycles. The molecule has 0 aromatic carbocycles. The maximum Gasteiger partial charge on any atom is 0.222 e. The van der Waals surface area contributed by atoms with Crippen molar-refractivity contribution < 1.29 is 18.8 Å². The van der Waals surface area contributed by atoms with Crippen LogP contribution in [0, 0.1) is 11.8 Å². The zero-order valence-electron chi connectivity index (χ0n) is 18.6. The number of hydrogen-bond donors (Lipinski definition) is 1. The summed E-state index contributed by atoms with van der Waals surface area (Å²) in [5.74, 6) is 1.92. The third-order valence-corrected chi connectivity index (χ3v) is 6.84. The van der Waals surface area contributed by atoms with Gasteiger partial charge in [0.05, 0.1) is 25.5 Å². The molecule has 9 nitrogen and oxygen atoms in total. The van der Waals surface area contributed by atoms with Crippen molar-refractivity contribution in [2.24, 2.45) is 11.8 Å². The normalized spacial score (nSPS) is 25.6. The first-order valence-electron chi connectivity index (χ1n) is 11.6. The van der Waals surface area contributed by atoms with E-state index >= 15 is 0 Å². The van der Waals surface area contributed by atoms with Crippen molar-refractivity contribution in [2.75, 3.05) is 65.6 Å². The van der Waals surface area contributed by atoms with Gasteiger partial charge in [0.2, 0.25) is 11.8 Å². The van der Waals surface area contributed by atoms with E-state index in [4.69, 9.17) is 9.26 Å². The third-order valence-electron chi connectivity index (χ3n) is 6.84. The number of rotatable bonds is 6. The van der Waals surface area contributed by atoms with Crippen molar-refractivity contribution in [1.29, 1.82) is 0 Å². The highest BCUT2D eigenvalue weighted by molar-refractivity contribution is 5.77. The fourth-order valence-corrected chi connectivity index (χ4v) is 4.88. The van der Waals surface area contributed by atoms with E-state index < -0.39 is 0 Å². The van der Waals surface area contributed by atoms with Crippen LogP contribution in [0.15, 0.2) is 10.6 Å². The van der Waals surface area contributed by atoms with E-state index in [1.54, 1.807) is 6.92 Å². The second kappa shape index (κ2) is 10.6. The van der Waals surface area contributed by atoms with E-state index in [1.807, 2.05) is 9.80 Å². The lowest BCUT2D eigenvalue weighted by Crippen LogP contribution is -2.51. The van der Waals surface area contributed by atoms with Crippen molar-refractivity contribution in [1.82, 2.24) is 25.2 Å². The van der Waals surface area contributed by atoms with Gasteiger partial charge in [0.15, 0.2) is 5.76 Å². The lowest BCUT2D eigenvalue weighted by molar-refractivity contribution is -0.139. The molecule has 0 spiro atoms. The Morgan fingerprint density at radius 1 is 1.10 bits per heavy atom. The van der Waals surface area contributed by atoms with Gasteiger partial charge in [0.25, 0.3) is 0 Å². The molecule has 3 aliphatic heterocycles. The average molecular weight is 434 g/mol. The molecule has 2 atom stereocenters. The number of piperidine rings is 1. The quantitative estimate of drug-likeness (QED) is 0.692. The lowest BCUT2D eigenvalue weighted by Gasteiger charge is -2.37. The van der Waals surface area contributed by atoms with Crippen LogP contribution in [0.5, 0.6) is 0 Å². The Morgan fingerprint density at radius 3 is 2.58 bits per heavy atom. The van der Waals surface area contributed by atoms with Gasteiger partial charge in [-0.2, -0.15) is 0 Å². The Kier molecular flexibility index (Phi) is 7.58. The Balaban J connectivity index is 1.28. The third kappa shape index (κ3) is 6.05. The van der Waals surface area contributed by atoms with Crippen LogP contribution in [-0.2, 0) is 27.3 Å². The highest BCUT2D eigenvalue weighted by Crippen LogP contribution is 2.27. The zero-order chi connectivity index (χ0) is 21.6. The molecule has 0 bridgehead atoms. The van der Waals surface area contributed by atoms with Gasteiger partial charge in [-0.25, -0.2) is 0 Å². The molecule has 1 aromatic heterocycles. The molecular weight excluding hydrogens is 398 g/mol. The van der Waals surface area contributed by atoms with Crippen LogP contribution >= 0.6 is 0 Å². The fourth-order valence-electron chi connectivity index (χ4n) is 4.88. The molecule has 1 aromatic rings. The van der Waals surface area contributed by atoms with Crippen LogP contribution < -0.4 is 5.32 Å². The predicted molar refractivity (Wildman–Crippen MR) is 114 cm³/mol. The van der Waals surface area contributed by atoms with E-state index in [0.717, 1.165) is 70.2 Å². The van der Waals surface area contributed by atoms with Gasteiger partial charge in [-0.1, -0.05) is 5.16 Å². The second-order valence-corrected chi connectivity index (χ2v) is 8.98. The van der Waals surface area contributed by atoms with Crippen molar-refractivity contribution in [2.45, 2.75) is 32.7 Å². The molecule has 3 fully saturated rings. The van der Waals surface area contributed by atoms with Crippen LogP contribution in [-0.4, -0.2) is 97.2 Å². The second-order valence-electron chi connectivity index (χ2n) is 8.98. The average Bonchev–Trinajstić information content (AvgIpc) is 3.22. The van der Waals surface area contributed by atoms with Gasteiger partial charge >= 0.3 is 0 Å². The molecule has 1 N–H and O–H groups in total. The van der Waals surface area contributed by atoms with E-state index in [9.17, 15) is 9.59 Å². The Morgan fingerprint density at radius 2 is 1.84 bits per heavy atom. The predicted octanol–water partition coefficient (Wildman–Crippen LogP) is 0.356. The Labute approximate surface area is 184 Å². The minimum absolute atomic E-state index is 0.0890. The smallest absolute Gasteiger partial charge is 0.222 e. The molecule has 172 valence electrons. The van der Waals surface area contributed by atoms with E-state index in [1.165, 1.54) is 0 Å². The zero-order valence-corrected chi connectivity index (χ0v) is 18.6.